The summed E-state index contributed by atoms with van der Waals surface area (Å²) in [4.78, 5) is 11.7. The number of nitriles is 1. The Hall–Kier alpha value is -2.52. The number of ether oxygens (including phenoxy) is 1. The Morgan fingerprint density at radius 3 is 3.00 bits per heavy atom. The molecule has 0 aliphatic heterocycles. The van der Waals surface area contributed by atoms with Crippen LogP contribution in [0.1, 0.15) is 6.42 Å². The van der Waals surface area contributed by atoms with E-state index >= 15 is 0 Å². The summed E-state index contributed by atoms with van der Waals surface area (Å²) >= 11 is 0. The van der Waals surface area contributed by atoms with Crippen LogP contribution in [0.25, 0.3) is 0 Å². The van der Waals surface area contributed by atoms with Gasteiger partial charge in [0.2, 0.25) is 0 Å². The molecule has 0 fully saturated rings. The summed E-state index contributed by atoms with van der Waals surface area (Å²) in [6, 6.07) is 8.20. The van der Waals surface area contributed by atoms with Gasteiger partial charge in [0.15, 0.2) is 0 Å². The van der Waals surface area contributed by atoms with Crippen molar-refractivity contribution in [2.75, 3.05) is 25.6 Å². The van der Waals surface area contributed by atoms with Crippen molar-refractivity contribution in [2.24, 2.45) is 0 Å². The minimum absolute atomic E-state index is 0.0363. The topological polar surface area (TPSA) is 94.4 Å². The molecule has 1 rings (SSSR count). The molecule has 20 heavy (non-hydrogen) atoms. The molecule has 1 aromatic rings. The zero-order valence-corrected chi connectivity index (χ0v) is 11.2. The summed E-state index contributed by atoms with van der Waals surface area (Å²) in [5.41, 5.74) is 0.552. The molecule has 0 aliphatic rings. The van der Waals surface area contributed by atoms with Crippen LogP contribution in [-0.4, -0.2) is 31.3 Å². The van der Waals surface area contributed by atoms with Gasteiger partial charge in [-0.1, -0.05) is 6.07 Å². The Balaban J connectivity index is 2.54. The molecule has 0 saturated heterocycles. The van der Waals surface area contributed by atoms with Crippen molar-refractivity contribution in [3.8, 4) is 11.8 Å². The van der Waals surface area contributed by atoms with Gasteiger partial charge in [-0.25, -0.2) is 0 Å². The highest BCUT2D eigenvalue weighted by Crippen LogP contribution is 2.15. The van der Waals surface area contributed by atoms with Crippen LogP contribution in [0.15, 0.2) is 36.0 Å². The van der Waals surface area contributed by atoms with E-state index in [2.05, 4.69) is 10.6 Å². The van der Waals surface area contributed by atoms with Gasteiger partial charge in [0.1, 0.15) is 17.4 Å². The van der Waals surface area contributed by atoms with E-state index in [0.717, 1.165) is 0 Å². The molecule has 0 aromatic heterocycles. The summed E-state index contributed by atoms with van der Waals surface area (Å²) < 4.78 is 4.86. The first-order valence-corrected chi connectivity index (χ1v) is 6.10. The number of phenols is 1. The molecule has 0 radical (unpaired) electrons. The van der Waals surface area contributed by atoms with Crippen molar-refractivity contribution < 1.29 is 14.6 Å². The molecule has 0 saturated carbocycles. The van der Waals surface area contributed by atoms with Gasteiger partial charge < -0.3 is 20.5 Å². The highest BCUT2D eigenvalue weighted by atomic mass is 16.5. The molecule has 3 N–H and O–H groups in total. The zero-order valence-electron chi connectivity index (χ0n) is 11.2. The Bertz CT molecular complexity index is 521. The van der Waals surface area contributed by atoms with E-state index in [0.29, 0.717) is 25.3 Å². The molecule has 6 heteroatoms. The van der Waals surface area contributed by atoms with E-state index in [1.807, 2.05) is 6.07 Å². The summed E-state index contributed by atoms with van der Waals surface area (Å²) in [5.74, 6) is -0.345. The van der Waals surface area contributed by atoms with E-state index < -0.39 is 5.91 Å². The molecule has 0 aliphatic carbocycles. The molecule has 1 aromatic carbocycles. The molecule has 1 amide bonds. The minimum atomic E-state index is -0.448. The van der Waals surface area contributed by atoms with Gasteiger partial charge in [-0.05, 0) is 18.6 Å². The van der Waals surface area contributed by atoms with Gasteiger partial charge in [0.25, 0.3) is 5.91 Å². The molecule has 106 valence electrons. The van der Waals surface area contributed by atoms with E-state index in [4.69, 9.17) is 10.00 Å². The summed E-state index contributed by atoms with van der Waals surface area (Å²) in [5, 5.41) is 23.6. The molecule has 0 heterocycles. The maximum Gasteiger partial charge on any atom is 0.263 e. The summed E-state index contributed by atoms with van der Waals surface area (Å²) in [7, 11) is 1.58. The molecular formula is C14H17N3O3. The van der Waals surface area contributed by atoms with Gasteiger partial charge >= 0.3 is 0 Å². The highest BCUT2D eigenvalue weighted by Gasteiger charge is 2.07. The normalized spacial score (nSPS) is 10.7. The third-order valence-corrected chi connectivity index (χ3v) is 2.41. The fourth-order valence-corrected chi connectivity index (χ4v) is 1.41. The Labute approximate surface area is 117 Å². The zero-order chi connectivity index (χ0) is 14.8. The van der Waals surface area contributed by atoms with Crippen LogP contribution < -0.4 is 10.6 Å². The fraction of sp³-hybridized carbons (Fsp3) is 0.286. The van der Waals surface area contributed by atoms with E-state index in [1.54, 1.807) is 19.2 Å². The third-order valence-electron chi connectivity index (χ3n) is 2.41. The standard InChI is InChI=1S/C14H17N3O3/c1-20-7-3-6-16-14(19)11(9-15)10-17-12-4-2-5-13(18)8-12/h2,4-5,8,10,17-18H,3,6-7H2,1H3,(H,16,19)/b11-10-. The number of phenolic OH excluding ortho intramolecular Hbond substituents is 1. The number of aromatic hydroxyl groups is 1. The number of hydrogen-bond donors (Lipinski definition) is 3. The van der Waals surface area contributed by atoms with Crippen LogP contribution in [0.3, 0.4) is 0 Å². The first-order valence-electron chi connectivity index (χ1n) is 6.10. The number of rotatable bonds is 7. The Morgan fingerprint density at radius 1 is 1.55 bits per heavy atom. The second-order valence-electron chi connectivity index (χ2n) is 3.97. The van der Waals surface area contributed by atoms with Crippen LogP contribution in [0.2, 0.25) is 0 Å². The van der Waals surface area contributed by atoms with Crippen LogP contribution in [0.5, 0.6) is 5.75 Å². The number of amides is 1. The quantitative estimate of drug-likeness (QED) is 0.397. The van der Waals surface area contributed by atoms with E-state index in [-0.39, 0.29) is 11.3 Å². The predicted molar refractivity (Wildman–Crippen MR) is 74.9 cm³/mol. The highest BCUT2D eigenvalue weighted by molar-refractivity contribution is 5.97. The van der Waals surface area contributed by atoms with Crippen molar-refractivity contribution in [3.63, 3.8) is 0 Å². The fourth-order valence-electron chi connectivity index (χ4n) is 1.41. The summed E-state index contributed by atoms with van der Waals surface area (Å²) in [6.45, 7) is 0.991. The van der Waals surface area contributed by atoms with Gasteiger partial charge in [0, 0.05) is 38.2 Å². The van der Waals surface area contributed by atoms with E-state index in [9.17, 15) is 9.90 Å². The molecule has 0 bridgehead atoms. The smallest absolute Gasteiger partial charge is 0.263 e. The van der Waals surface area contributed by atoms with Crippen molar-refractivity contribution in [2.45, 2.75) is 6.42 Å². The lowest BCUT2D eigenvalue weighted by molar-refractivity contribution is -0.117. The average molecular weight is 275 g/mol. The molecule has 0 unspecified atom stereocenters. The number of nitrogens with one attached hydrogen (secondary N) is 2. The monoisotopic (exact) mass is 275 g/mol. The van der Waals surface area contributed by atoms with Gasteiger partial charge in [-0.15, -0.1) is 0 Å². The van der Waals surface area contributed by atoms with Gasteiger partial charge in [-0.3, -0.25) is 4.79 Å². The second kappa shape index (κ2) is 8.56. The minimum Gasteiger partial charge on any atom is -0.508 e. The number of carbonyl (C=O) groups excluding carboxylic acids is 1. The Kier molecular flexibility index (Phi) is 6.65. The third kappa shape index (κ3) is 5.42. The van der Waals surface area contributed by atoms with Crippen molar-refractivity contribution >= 4 is 11.6 Å². The van der Waals surface area contributed by atoms with Crippen LogP contribution in [0.4, 0.5) is 5.69 Å². The number of anilines is 1. The molecule has 0 atom stereocenters. The average Bonchev–Trinajstić information content (AvgIpc) is 2.44. The maximum atomic E-state index is 11.7. The van der Waals surface area contributed by atoms with Gasteiger partial charge in [0.05, 0.1) is 0 Å². The number of benzene rings is 1. The second-order valence-corrected chi connectivity index (χ2v) is 3.97. The number of hydrogen-bond acceptors (Lipinski definition) is 5. The lowest BCUT2D eigenvalue weighted by atomic mass is 10.2. The van der Waals surface area contributed by atoms with E-state index in [1.165, 1.54) is 18.3 Å². The molecule has 6 nitrogen and oxygen atoms in total. The number of carbonyl (C=O) groups is 1. The lowest BCUT2D eigenvalue weighted by Crippen LogP contribution is -2.26. The first kappa shape index (κ1) is 15.5. The molecular weight excluding hydrogens is 258 g/mol. The number of methoxy groups -OCH3 is 1. The summed E-state index contributed by atoms with van der Waals surface area (Å²) in [6.07, 6.45) is 1.99. The van der Waals surface area contributed by atoms with Gasteiger partial charge in [-0.2, -0.15) is 5.26 Å². The SMILES string of the molecule is COCCCNC(=O)/C(C#N)=C\Nc1cccc(O)c1. The van der Waals surface area contributed by atoms with Crippen molar-refractivity contribution in [1.82, 2.24) is 5.32 Å². The van der Waals surface area contributed by atoms with Crippen LogP contribution in [-0.2, 0) is 9.53 Å². The lowest BCUT2D eigenvalue weighted by Gasteiger charge is -2.05. The Morgan fingerprint density at radius 2 is 2.35 bits per heavy atom. The number of nitrogens with zero attached hydrogens (tertiary/aromatic N) is 1. The predicted octanol–water partition coefficient (Wildman–Crippen LogP) is 1.36. The van der Waals surface area contributed by atoms with Crippen molar-refractivity contribution in [3.05, 3.63) is 36.0 Å². The van der Waals surface area contributed by atoms with Crippen LogP contribution >= 0.6 is 0 Å². The first-order chi connectivity index (χ1) is 9.67. The maximum absolute atomic E-state index is 11.7. The van der Waals surface area contributed by atoms with Crippen molar-refractivity contribution in [1.29, 1.82) is 5.26 Å². The molecule has 0 spiro atoms. The van der Waals surface area contributed by atoms with Crippen LogP contribution in [0, 0.1) is 11.3 Å². The largest absolute Gasteiger partial charge is 0.508 e.